The Morgan fingerprint density at radius 3 is 2.78 bits per heavy atom. The molecule has 140 valence electrons. The second-order valence-corrected chi connectivity index (χ2v) is 8.19. The van der Waals surface area contributed by atoms with Gasteiger partial charge in [0.1, 0.15) is 12.4 Å². The lowest BCUT2D eigenvalue weighted by Gasteiger charge is -2.21. The molecule has 2 aromatic carbocycles. The molecule has 7 heteroatoms. The van der Waals surface area contributed by atoms with E-state index in [1.165, 1.54) is 11.3 Å². The van der Waals surface area contributed by atoms with E-state index in [9.17, 15) is 4.79 Å². The molecular formula is C20H18BrClN2O2S. The first-order chi connectivity index (χ1) is 12.9. The maximum atomic E-state index is 12.3. The number of thiazole rings is 1. The minimum absolute atomic E-state index is 0.0778. The fraction of sp³-hybridized carbons (Fsp3) is 0.200. The number of amides is 1. The fourth-order valence-electron chi connectivity index (χ4n) is 2.59. The highest BCUT2D eigenvalue weighted by molar-refractivity contribution is 9.10. The molecule has 3 aromatic rings. The van der Waals surface area contributed by atoms with E-state index in [4.69, 9.17) is 16.3 Å². The predicted octanol–water partition coefficient (Wildman–Crippen LogP) is 6.44. The number of nitrogens with zero attached hydrogens (tertiary/aromatic N) is 2. The lowest BCUT2D eigenvalue weighted by atomic mass is 10.1. The van der Waals surface area contributed by atoms with Gasteiger partial charge < -0.3 is 4.74 Å². The van der Waals surface area contributed by atoms with Crippen molar-refractivity contribution in [1.29, 1.82) is 0 Å². The van der Waals surface area contributed by atoms with Crippen LogP contribution in [-0.4, -0.2) is 10.9 Å². The molecule has 0 aliphatic heterocycles. The quantitative estimate of drug-likeness (QED) is 0.435. The Bertz CT molecular complexity index is 990. The van der Waals surface area contributed by atoms with Gasteiger partial charge >= 0.3 is 0 Å². The summed E-state index contributed by atoms with van der Waals surface area (Å²) in [6.07, 6.45) is 0. The first-order valence-corrected chi connectivity index (χ1v) is 10.3. The van der Waals surface area contributed by atoms with Crippen LogP contribution >= 0.6 is 38.9 Å². The molecule has 0 unspecified atom stereocenters. The Balaban J connectivity index is 1.82. The smallest absolute Gasteiger partial charge is 0.230 e. The van der Waals surface area contributed by atoms with Crippen molar-refractivity contribution in [2.75, 3.05) is 4.90 Å². The van der Waals surface area contributed by atoms with E-state index in [2.05, 4.69) is 20.9 Å². The van der Waals surface area contributed by atoms with E-state index >= 15 is 0 Å². The highest BCUT2D eigenvalue weighted by Gasteiger charge is 2.20. The van der Waals surface area contributed by atoms with E-state index < -0.39 is 0 Å². The van der Waals surface area contributed by atoms with Crippen LogP contribution in [0.3, 0.4) is 0 Å². The summed E-state index contributed by atoms with van der Waals surface area (Å²) in [6.45, 7) is 5.89. The molecule has 0 saturated heterocycles. The molecule has 1 amide bonds. The monoisotopic (exact) mass is 464 g/mol. The van der Waals surface area contributed by atoms with Gasteiger partial charge in [0.05, 0.1) is 15.9 Å². The summed E-state index contributed by atoms with van der Waals surface area (Å²) in [6, 6.07) is 11.3. The maximum Gasteiger partial charge on any atom is 0.230 e. The molecule has 3 rings (SSSR count). The number of anilines is 2. The van der Waals surface area contributed by atoms with Crippen molar-refractivity contribution in [2.24, 2.45) is 0 Å². The Morgan fingerprint density at radius 1 is 1.30 bits per heavy atom. The molecule has 0 saturated carbocycles. The molecule has 0 bridgehead atoms. The molecule has 0 atom stereocenters. The van der Waals surface area contributed by atoms with Gasteiger partial charge in [-0.1, -0.05) is 23.7 Å². The molecule has 0 spiro atoms. The van der Waals surface area contributed by atoms with E-state index in [1.54, 1.807) is 30.0 Å². The summed E-state index contributed by atoms with van der Waals surface area (Å²) in [4.78, 5) is 18.6. The molecule has 0 aliphatic carbocycles. The van der Waals surface area contributed by atoms with Crippen LogP contribution < -0.4 is 9.64 Å². The van der Waals surface area contributed by atoms with Gasteiger partial charge in [-0.2, -0.15) is 0 Å². The zero-order valence-electron chi connectivity index (χ0n) is 15.1. The third-order valence-electron chi connectivity index (χ3n) is 4.13. The molecule has 0 aliphatic rings. The SMILES string of the molecule is CC(=O)N(c1nc(COc2ccc(Cl)cc2Br)cs1)c1cccc(C)c1C. The lowest BCUT2D eigenvalue weighted by Crippen LogP contribution is -2.23. The van der Waals surface area contributed by atoms with Crippen LogP contribution in [0.5, 0.6) is 5.75 Å². The summed E-state index contributed by atoms with van der Waals surface area (Å²) >= 11 is 10.8. The molecule has 0 fully saturated rings. The summed E-state index contributed by atoms with van der Waals surface area (Å²) in [5.41, 5.74) is 3.80. The van der Waals surface area contributed by atoms with Crippen molar-refractivity contribution in [3.63, 3.8) is 0 Å². The number of halogens is 2. The number of hydrogen-bond acceptors (Lipinski definition) is 4. The zero-order chi connectivity index (χ0) is 19.6. The maximum absolute atomic E-state index is 12.3. The van der Waals surface area contributed by atoms with E-state index in [0.717, 1.165) is 27.0 Å². The van der Waals surface area contributed by atoms with Gasteiger partial charge in [0, 0.05) is 17.3 Å². The summed E-state index contributed by atoms with van der Waals surface area (Å²) in [5.74, 6) is 0.609. The van der Waals surface area contributed by atoms with E-state index in [1.807, 2.05) is 37.4 Å². The van der Waals surface area contributed by atoms with Gasteiger partial charge in [0.2, 0.25) is 5.91 Å². The van der Waals surface area contributed by atoms with Crippen LogP contribution in [0.2, 0.25) is 5.02 Å². The Morgan fingerprint density at radius 2 is 2.07 bits per heavy atom. The number of carbonyl (C=O) groups excluding carboxylic acids is 1. The molecule has 27 heavy (non-hydrogen) atoms. The van der Waals surface area contributed by atoms with Crippen LogP contribution in [0.1, 0.15) is 23.7 Å². The molecule has 0 N–H and O–H groups in total. The number of benzene rings is 2. The van der Waals surface area contributed by atoms with Crippen LogP contribution in [0.15, 0.2) is 46.3 Å². The number of aromatic nitrogens is 1. The van der Waals surface area contributed by atoms with Gasteiger partial charge in [0.15, 0.2) is 5.13 Å². The number of aryl methyl sites for hydroxylation is 1. The minimum atomic E-state index is -0.0778. The number of ether oxygens (including phenoxy) is 1. The standard InChI is InChI=1S/C20H18BrClN2O2S/c1-12-5-4-6-18(13(12)2)24(14(3)25)20-23-16(11-27-20)10-26-19-8-7-15(22)9-17(19)21/h4-9,11H,10H2,1-3H3. The molecule has 0 radical (unpaired) electrons. The highest BCUT2D eigenvalue weighted by atomic mass is 79.9. The molecule has 1 heterocycles. The van der Waals surface area contributed by atoms with Crippen molar-refractivity contribution in [3.05, 3.63) is 68.1 Å². The van der Waals surface area contributed by atoms with Gasteiger partial charge in [-0.25, -0.2) is 4.98 Å². The fourth-order valence-corrected chi connectivity index (χ4v) is 4.26. The van der Waals surface area contributed by atoms with Crippen LogP contribution in [-0.2, 0) is 11.4 Å². The number of carbonyl (C=O) groups is 1. The number of rotatable bonds is 5. The summed E-state index contributed by atoms with van der Waals surface area (Å²) in [5, 5.41) is 3.17. The first-order valence-electron chi connectivity index (χ1n) is 8.26. The van der Waals surface area contributed by atoms with Crippen molar-refractivity contribution in [2.45, 2.75) is 27.4 Å². The van der Waals surface area contributed by atoms with Gasteiger partial charge in [-0.05, 0) is 65.2 Å². The van der Waals surface area contributed by atoms with Crippen molar-refractivity contribution in [1.82, 2.24) is 4.98 Å². The van der Waals surface area contributed by atoms with E-state index in [0.29, 0.717) is 22.5 Å². The third kappa shape index (κ3) is 4.51. The zero-order valence-corrected chi connectivity index (χ0v) is 18.3. The topological polar surface area (TPSA) is 42.4 Å². The van der Waals surface area contributed by atoms with Crippen LogP contribution in [0.25, 0.3) is 0 Å². The van der Waals surface area contributed by atoms with Gasteiger partial charge in [-0.3, -0.25) is 9.69 Å². The predicted molar refractivity (Wildman–Crippen MR) is 114 cm³/mol. The second-order valence-electron chi connectivity index (χ2n) is 6.06. The third-order valence-corrected chi connectivity index (χ3v) is 5.86. The Hall–Kier alpha value is -1.89. The largest absolute Gasteiger partial charge is 0.486 e. The highest BCUT2D eigenvalue weighted by Crippen LogP contribution is 2.33. The van der Waals surface area contributed by atoms with E-state index in [-0.39, 0.29) is 5.91 Å². The number of hydrogen-bond donors (Lipinski definition) is 0. The van der Waals surface area contributed by atoms with Crippen LogP contribution in [0, 0.1) is 13.8 Å². The average Bonchev–Trinajstić information content (AvgIpc) is 3.06. The molecule has 4 nitrogen and oxygen atoms in total. The normalized spacial score (nSPS) is 10.7. The Labute approximate surface area is 175 Å². The van der Waals surface area contributed by atoms with Gasteiger partial charge in [0.25, 0.3) is 0 Å². The van der Waals surface area contributed by atoms with Gasteiger partial charge in [-0.15, -0.1) is 11.3 Å². The average molecular weight is 466 g/mol. The van der Waals surface area contributed by atoms with Crippen molar-refractivity contribution < 1.29 is 9.53 Å². The van der Waals surface area contributed by atoms with Crippen LogP contribution in [0.4, 0.5) is 10.8 Å². The Kier molecular flexibility index (Phi) is 6.19. The second kappa shape index (κ2) is 8.42. The first kappa shape index (κ1) is 19.9. The molecule has 1 aromatic heterocycles. The minimum Gasteiger partial charge on any atom is -0.486 e. The lowest BCUT2D eigenvalue weighted by molar-refractivity contribution is -0.115. The van der Waals surface area contributed by atoms with Crippen molar-refractivity contribution in [3.8, 4) is 5.75 Å². The summed E-state index contributed by atoms with van der Waals surface area (Å²) in [7, 11) is 0. The van der Waals surface area contributed by atoms with Crippen molar-refractivity contribution >= 4 is 55.6 Å². The summed E-state index contributed by atoms with van der Waals surface area (Å²) < 4.78 is 6.60. The molecular weight excluding hydrogens is 448 g/mol.